The molecule has 0 atom stereocenters. The molecule has 0 radical (unpaired) electrons. The minimum atomic E-state index is -1.05. The van der Waals surface area contributed by atoms with E-state index in [9.17, 15) is 4.11 Å². The summed E-state index contributed by atoms with van der Waals surface area (Å²) in [6.45, 7) is 3.69. The lowest BCUT2D eigenvalue weighted by Crippen LogP contribution is -2.28. The summed E-state index contributed by atoms with van der Waals surface area (Å²) < 4.78 is 63.6. The summed E-state index contributed by atoms with van der Waals surface area (Å²) in [6, 6.07) is 43.9. The van der Waals surface area contributed by atoms with Crippen molar-refractivity contribution in [1.82, 2.24) is 0 Å². The molecule has 0 unspecified atom stereocenters. The highest BCUT2D eigenvalue weighted by atomic mass is 15.1. The first-order valence-electron chi connectivity index (χ1n) is 19.5. The first kappa shape index (κ1) is 21.2. The van der Waals surface area contributed by atoms with Crippen LogP contribution in [0.4, 0.5) is 17.1 Å². The molecule has 2 aliphatic carbocycles. The third kappa shape index (κ3) is 3.96. The molecule has 1 nitrogen and oxygen atoms in total. The molecule has 47 heavy (non-hydrogen) atoms. The normalized spacial score (nSPS) is 16.6. The Balaban J connectivity index is 1.36. The first-order valence-corrected chi connectivity index (χ1v) is 16.0. The Labute approximate surface area is 287 Å². The third-order valence-electron chi connectivity index (χ3n) is 9.93. The van der Waals surface area contributed by atoms with Gasteiger partial charge in [-0.1, -0.05) is 153 Å². The molecule has 0 saturated carbocycles. The zero-order valence-corrected chi connectivity index (χ0v) is 26.1. The van der Waals surface area contributed by atoms with E-state index in [0.29, 0.717) is 22.5 Å². The third-order valence-corrected chi connectivity index (χ3v) is 9.93. The monoisotopic (exact) mass is 608 g/mol. The van der Waals surface area contributed by atoms with Gasteiger partial charge in [-0.25, -0.2) is 0 Å². The molecule has 0 spiro atoms. The van der Waals surface area contributed by atoms with Gasteiger partial charge in [0, 0.05) is 22.5 Å². The number of benzene rings is 7. The van der Waals surface area contributed by atoms with E-state index >= 15 is 0 Å². The fourth-order valence-corrected chi connectivity index (χ4v) is 7.81. The zero-order chi connectivity index (χ0) is 37.7. The van der Waals surface area contributed by atoms with Gasteiger partial charge in [-0.15, -0.1) is 0 Å². The molecule has 0 bridgehead atoms. The lowest BCUT2D eigenvalue weighted by molar-refractivity contribution is 0.660. The fraction of sp³-hybridized carbons (Fsp3) is 0.0870. The summed E-state index contributed by atoms with van der Waals surface area (Å²) in [5.74, 6) is 0. The van der Waals surface area contributed by atoms with Crippen molar-refractivity contribution < 1.29 is 9.60 Å². The van der Waals surface area contributed by atoms with E-state index in [1.807, 2.05) is 67.3 Å². The van der Waals surface area contributed by atoms with Crippen molar-refractivity contribution in [3.63, 3.8) is 0 Å². The number of nitrogens with zero attached hydrogens (tertiary/aromatic N) is 1. The fourth-order valence-electron chi connectivity index (χ4n) is 7.81. The predicted molar refractivity (Wildman–Crippen MR) is 196 cm³/mol. The Morgan fingerprint density at radius 2 is 1.04 bits per heavy atom. The maximum absolute atomic E-state index is 9.92. The highest BCUT2D eigenvalue weighted by molar-refractivity contribution is 5.90. The van der Waals surface area contributed by atoms with Crippen LogP contribution in [0.3, 0.4) is 0 Å². The summed E-state index contributed by atoms with van der Waals surface area (Å²) >= 11 is 0. The Kier molecular flexibility index (Phi) is 4.71. The van der Waals surface area contributed by atoms with Crippen molar-refractivity contribution in [1.29, 1.82) is 0 Å². The maximum Gasteiger partial charge on any atom is 0.0714 e. The Morgan fingerprint density at radius 3 is 1.77 bits per heavy atom. The summed E-state index contributed by atoms with van der Waals surface area (Å²) in [7, 11) is 0. The highest BCUT2D eigenvalue weighted by Gasteiger charge is 2.46. The molecule has 0 aromatic heterocycles. The standard InChI is InChI=1S/C46H35N/c1-45(2)41-24-14-12-22-37(41)39-28-26-35(30-43(39)45)47(34-20-10-5-11-21-34)36-27-29-40-38-23-13-15-25-42(38)46(44(40)31-36,32-16-6-3-7-17-32)33-18-8-4-9-19-33/h3-31H,1-2H3/i12D,14D,22D,24D,26D,28D,30D. The Hall–Kier alpha value is -5.66. The molecule has 0 heterocycles. The van der Waals surface area contributed by atoms with E-state index in [1.54, 1.807) is 0 Å². The van der Waals surface area contributed by atoms with Gasteiger partial charge < -0.3 is 4.90 Å². The number of anilines is 3. The van der Waals surface area contributed by atoms with Crippen molar-refractivity contribution in [2.24, 2.45) is 0 Å². The molecule has 2 aliphatic rings. The van der Waals surface area contributed by atoms with Crippen LogP contribution in [0.1, 0.15) is 56.8 Å². The van der Waals surface area contributed by atoms with Crippen molar-refractivity contribution in [2.75, 3.05) is 4.90 Å². The SMILES string of the molecule is [2H]c1c([2H])c([2H])c2c(c1[2H])-c1c([2H])c([2H])c(N(c3ccccc3)c3ccc4c(c3)C(c3ccccc3)(c3ccccc3)c3ccccc3-4)c([2H])c1C2(C)C. The Morgan fingerprint density at radius 1 is 0.447 bits per heavy atom. The number of hydrogen-bond donors (Lipinski definition) is 0. The molecular formula is C46H35N. The van der Waals surface area contributed by atoms with E-state index in [-0.39, 0.29) is 53.1 Å². The molecule has 224 valence electrons. The highest BCUT2D eigenvalue weighted by Crippen LogP contribution is 2.57. The maximum atomic E-state index is 9.92. The average Bonchev–Trinajstić information content (AvgIpc) is 3.64. The van der Waals surface area contributed by atoms with Crippen molar-refractivity contribution in [3.05, 3.63) is 209 Å². The molecule has 7 aromatic rings. The second kappa shape index (κ2) is 10.4. The van der Waals surface area contributed by atoms with Crippen LogP contribution in [-0.2, 0) is 10.8 Å². The molecule has 0 aliphatic heterocycles. The van der Waals surface area contributed by atoms with Crippen LogP contribution >= 0.6 is 0 Å². The van der Waals surface area contributed by atoms with Crippen LogP contribution in [0, 0.1) is 0 Å². The number of fused-ring (bicyclic) bond motifs is 6. The van der Waals surface area contributed by atoms with Gasteiger partial charge in [-0.05, 0) is 92.0 Å². The number of hydrogen-bond acceptors (Lipinski definition) is 1. The lowest BCUT2D eigenvalue weighted by atomic mass is 9.67. The van der Waals surface area contributed by atoms with Crippen LogP contribution in [0.25, 0.3) is 22.3 Å². The van der Waals surface area contributed by atoms with Crippen LogP contribution in [-0.4, -0.2) is 0 Å². The van der Waals surface area contributed by atoms with Gasteiger partial charge in [0.05, 0.1) is 15.0 Å². The molecular weight excluding hydrogens is 567 g/mol. The van der Waals surface area contributed by atoms with Gasteiger partial charge in [-0.2, -0.15) is 0 Å². The second-order valence-corrected chi connectivity index (χ2v) is 12.8. The molecule has 7 aromatic carbocycles. The Bertz CT molecular complexity index is 2620. The van der Waals surface area contributed by atoms with Crippen LogP contribution in [0.2, 0.25) is 0 Å². The predicted octanol–water partition coefficient (Wildman–Crippen LogP) is 11.8. The van der Waals surface area contributed by atoms with Gasteiger partial charge in [0.15, 0.2) is 0 Å². The quantitative estimate of drug-likeness (QED) is 0.188. The summed E-state index contributed by atoms with van der Waals surface area (Å²) in [4.78, 5) is 1.89. The van der Waals surface area contributed by atoms with E-state index < -0.39 is 16.9 Å². The van der Waals surface area contributed by atoms with Crippen LogP contribution < -0.4 is 4.90 Å². The molecule has 0 amide bonds. The summed E-state index contributed by atoms with van der Waals surface area (Å²) in [5.41, 5.74) is 7.74. The van der Waals surface area contributed by atoms with Crippen molar-refractivity contribution in [2.45, 2.75) is 24.7 Å². The molecule has 1 heteroatoms. The largest absolute Gasteiger partial charge is 0.310 e. The summed E-state index contributed by atoms with van der Waals surface area (Å²) in [6.07, 6.45) is 0. The second-order valence-electron chi connectivity index (χ2n) is 12.8. The van der Waals surface area contributed by atoms with E-state index in [0.717, 1.165) is 33.4 Å². The van der Waals surface area contributed by atoms with Gasteiger partial charge in [0.25, 0.3) is 0 Å². The van der Waals surface area contributed by atoms with Crippen LogP contribution in [0.5, 0.6) is 0 Å². The number of para-hydroxylation sites is 1. The first-order chi connectivity index (χ1) is 26.0. The van der Waals surface area contributed by atoms with Gasteiger partial charge >= 0.3 is 0 Å². The lowest BCUT2D eigenvalue weighted by Gasteiger charge is -2.35. The number of rotatable bonds is 5. The van der Waals surface area contributed by atoms with Crippen molar-refractivity contribution >= 4 is 17.1 Å². The minimum Gasteiger partial charge on any atom is -0.310 e. The molecule has 0 fully saturated rings. The summed E-state index contributed by atoms with van der Waals surface area (Å²) in [5, 5.41) is 0. The topological polar surface area (TPSA) is 3.24 Å². The molecule has 0 saturated heterocycles. The van der Waals surface area contributed by atoms with E-state index in [2.05, 4.69) is 84.9 Å². The smallest absolute Gasteiger partial charge is 0.0714 e. The zero-order valence-electron chi connectivity index (χ0n) is 33.1. The van der Waals surface area contributed by atoms with E-state index in [4.69, 9.17) is 5.48 Å². The van der Waals surface area contributed by atoms with Crippen molar-refractivity contribution in [3.8, 4) is 22.3 Å². The van der Waals surface area contributed by atoms with Crippen LogP contribution in [0.15, 0.2) is 176 Å². The van der Waals surface area contributed by atoms with Gasteiger partial charge in [0.1, 0.15) is 0 Å². The minimum absolute atomic E-state index is 0.00841. The van der Waals surface area contributed by atoms with Gasteiger partial charge in [-0.3, -0.25) is 0 Å². The molecule has 0 N–H and O–H groups in total. The van der Waals surface area contributed by atoms with Gasteiger partial charge in [0.2, 0.25) is 0 Å². The average molecular weight is 609 g/mol. The van der Waals surface area contributed by atoms with E-state index in [1.165, 1.54) is 0 Å². The molecule has 9 rings (SSSR count).